The molecular weight excluding hydrogens is 297 g/mol. The molecule has 0 spiro atoms. The van der Waals surface area contributed by atoms with Gasteiger partial charge in [-0.05, 0) is 24.1 Å². The molecule has 0 radical (unpaired) electrons. The molecule has 0 saturated heterocycles. The third kappa shape index (κ3) is 3.89. The van der Waals surface area contributed by atoms with E-state index in [0.717, 1.165) is 5.56 Å². The highest BCUT2D eigenvalue weighted by Crippen LogP contribution is 2.35. The lowest BCUT2D eigenvalue weighted by atomic mass is 10.1. The monoisotopic (exact) mass is 309 g/mol. The number of carbonyl (C=O) groups excluding carboxylic acids is 1. The fourth-order valence-corrected chi connectivity index (χ4v) is 2.27. The van der Waals surface area contributed by atoms with E-state index in [0.29, 0.717) is 17.9 Å². The molecule has 0 bridgehead atoms. The number of rotatable bonds is 4. The predicted molar refractivity (Wildman–Crippen MR) is 81.5 cm³/mol. The smallest absolute Gasteiger partial charge is 0.224 e. The van der Waals surface area contributed by atoms with Crippen LogP contribution < -0.4 is 5.32 Å². The van der Waals surface area contributed by atoms with Gasteiger partial charge in [-0.2, -0.15) is 0 Å². The van der Waals surface area contributed by atoms with Crippen molar-refractivity contribution in [3.8, 4) is 5.75 Å². The number of benzene rings is 2. The second-order valence-corrected chi connectivity index (χ2v) is 5.16. The van der Waals surface area contributed by atoms with Crippen LogP contribution in [0.25, 0.3) is 0 Å². The normalized spacial score (nSPS) is 10.3. The second-order valence-electron chi connectivity index (χ2n) is 4.32. The minimum atomic E-state index is -0.206. The van der Waals surface area contributed by atoms with E-state index in [1.54, 1.807) is 0 Å². The summed E-state index contributed by atoms with van der Waals surface area (Å²) in [6, 6.07) is 12.6. The minimum absolute atomic E-state index is 0.107. The number of nitrogens with one attached hydrogen (secondary N) is 1. The van der Waals surface area contributed by atoms with Crippen LogP contribution in [0, 0.1) is 0 Å². The minimum Gasteiger partial charge on any atom is -0.504 e. The number of phenolic OH excluding ortho intramolecular Hbond substituents is 1. The molecule has 0 aliphatic carbocycles. The Balaban J connectivity index is 1.98. The summed E-state index contributed by atoms with van der Waals surface area (Å²) in [4.78, 5) is 11.9. The molecule has 5 heteroatoms. The highest BCUT2D eigenvalue weighted by atomic mass is 35.5. The van der Waals surface area contributed by atoms with E-state index in [2.05, 4.69) is 5.32 Å². The summed E-state index contributed by atoms with van der Waals surface area (Å²) in [5.41, 5.74) is 1.30. The largest absolute Gasteiger partial charge is 0.504 e. The molecule has 0 saturated carbocycles. The Morgan fingerprint density at radius 2 is 1.85 bits per heavy atom. The summed E-state index contributed by atoms with van der Waals surface area (Å²) in [6.45, 7) is 0. The molecular formula is C15H13Cl2NO2. The van der Waals surface area contributed by atoms with Gasteiger partial charge in [-0.25, -0.2) is 0 Å². The van der Waals surface area contributed by atoms with Gasteiger partial charge in [-0.3, -0.25) is 4.79 Å². The summed E-state index contributed by atoms with van der Waals surface area (Å²) in [7, 11) is 0. The van der Waals surface area contributed by atoms with Crippen LogP contribution in [0.4, 0.5) is 5.69 Å². The molecule has 0 unspecified atom stereocenters. The number of amides is 1. The van der Waals surface area contributed by atoms with Gasteiger partial charge in [0.1, 0.15) is 0 Å². The van der Waals surface area contributed by atoms with E-state index >= 15 is 0 Å². The van der Waals surface area contributed by atoms with Crippen LogP contribution in [0.3, 0.4) is 0 Å². The number of hydrogen-bond acceptors (Lipinski definition) is 2. The molecule has 0 heterocycles. The van der Waals surface area contributed by atoms with Crippen molar-refractivity contribution in [2.75, 3.05) is 5.32 Å². The third-order valence-corrected chi connectivity index (χ3v) is 3.29. The van der Waals surface area contributed by atoms with Crippen LogP contribution in [0.15, 0.2) is 42.5 Å². The average molecular weight is 310 g/mol. The first kappa shape index (κ1) is 14.7. The van der Waals surface area contributed by atoms with E-state index < -0.39 is 0 Å². The molecule has 1 amide bonds. The lowest BCUT2D eigenvalue weighted by molar-refractivity contribution is -0.116. The van der Waals surface area contributed by atoms with E-state index in [1.807, 2.05) is 30.3 Å². The number of carbonyl (C=O) groups is 1. The number of phenols is 1. The number of halogens is 2. The summed E-state index contributed by atoms with van der Waals surface area (Å²) >= 11 is 11.6. The van der Waals surface area contributed by atoms with Gasteiger partial charge in [0.25, 0.3) is 0 Å². The molecule has 2 N–H and O–H groups in total. The fourth-order valence-electron chi connectivity index (χ4n) is 1.78. The second kappa shape index (κ2) is 6.64. The van der Waals surface area contributed by atoms with Crippen molar-refractivity contribution in [1.29, 1.82) is 0 Å². The van der Waals surface area contributed by atoms with Crippen LogP contribution in [-0.2, 0) is 11.2 Å². The first-order valence-electron chi connectivity index (χ1n) is 6.08. The summed E-state index contributed by atoms with van der Waals surface area (Å²) in [5.74, 6) is -0.383. The van der Waals surface area contributed by atoms with Crippen molar-refractivity contribution in [2.45, 2.75) is 12.8 Å². The molecule has 0 aromatic heterocycles. The summed E-state index contributed by atoms with van der Waals surface area (Å²) in [5, 5.41) is 12.8. The Morgan fingerprint density at radius 1 is 1.15 bits per heavy atom. The van der Waals surface area contributed by atoms with Crippen molar-refractivity contribution in [1.82, 2.24) is 0 Å². The molecule has 0 atom stereocenters. The van der Waals surface area contributed by atoms with E-state index in [4.69, 9.17) is 23.2 Å². The van der Waals surface area contributed by atoms with Gasteiger partial charge in [-0.15, -0.1) is 0 Å². The number of anilines is 1. The van der Waals surface area contributed by atoms with Crippen molar-refractivity contribution in [2.24, 2.45) is 0 Å². The van der Waals surface area contributed by atoms with Crippen LogP contribution >= 0.6 is 23.2 Å². The Labute approximate surface area is 127 Å². The molecule has 2 rings (SSSR count). The lowest BCUT2D eigenvalue weighted by Gasteiger charge is -2.09. The fraction of sp³-hybridized carbons (Fsp3) is 0.133. The van der Waals surface area contributed by atoms with Crippen molar-refractivity contribution in [3.05, 3.63) is 58.1 Å². The maximum atomic E-state index is 11.9. The summed E-state index contributed by atoms with van der Waals surface area (Å²) < 4.78 is 0. The SMILES string of the molecule is O=C(CCc1ccccc1)Nc1cc(Cl)cc(Cl)c1O. The highest BCUT2D eigenvalue weighted by Gasteiger charge is 2.11. The quantitative estimate of drug-likeness (QED) is 0.829. The van der Waals surface area contributed by atoms with E-state index in [1.165, 1.54) is 12.1 Å². The molecule has 2 aromatic rings. The zero-order valence-corrected chi connectivity index (χ0v) is 12.1. The molecule has 2 aromatic carbocycles. The Kier molecular flexibility index (Phi) is 4.88. The van der Waals surface area contributed by atoms with Gasteiger partial charge in [0.2, 0.25) is 5.91 Å². The molecule has 0 fully saturated rings. The van der Waals surface area contributed by atoms with Crippen LogP contribution in [-0.4, -0.2) is 11.0 Å². The van der Waals surface area contributed by atoms with Crippen molar-refractivity contribution in [3.63, 3.8) is 0 Å². The molecule has 104 valence electrons. The summed E-state index contributed by atoms with van der Waals surface area (Å²) in [6.07, 6.45) is 0.940. The topological polar surface area (TPSA) is 49.3 Å². The molecule has 0 aliphatic rings. The first-order valence-corrected chi connectivity index (χ1v) is 6.83. The first-order chi connectivity index (χ1) is 9.56. The Bertz CT molecular complexity index is 615. The number of aryl methyl sites for hydroxylation is 1. The molecule has 0 aliphatic heterocycles. The standard InChI is InChI=1S/C15H13Cl2NO2/c16-11-8-12(17)15(20)13(9-11)18-14(19)7-6-10-4-2-1-3-5-10/h1-5,8-9,20H,6-7H2,(H,18,19). The van der Waals surface area contributed by atoms with Gasteiger partial charge in [0.05, 0.1) is 10.7 Å². The highest BCUT2D eigenvalue weighted by molar-refractivity contribution is 6.36. The van der Waals surface area contributed by atoms with E-state index in [-0.39, 0.29) is 22.4 Å². The predicted octanol–water partition coefficient (Wildman–Crippen LogP) is 4.27. The maximum absolute atomic E-state index is 11.9. The zero-order valence-electron chi connectivity index (χ0n) is 10.6. The van der Waals surface area contributed by atoms with Gasteiger partial charge in [0, 0.05) is 11.4 Å². The zero-order chi connectivity index (χ0) is 14.5. The third-order valence-electron chi connectivity index (χ3n) is 2.79. The average Bonchev–Trinajstić information content (AvgIpc) is 2.43. The van der Waals surface area contributed by atoms with Crippen LogP contribution in [0.2, 0.25) is 10.0 Å². The molecule has 20 heavy (non-hydrogen) atoms. The van der Waals surface area contributed by atoms with Gasteiger partial charge in [-0.1, -0.05) is 53.5 Å². The van der Waals surface area contributed by atoms with Crippen molar-refractivity contribution >= 4 is 34.8 Å². The Hall–Kier alpha value is -1.71. The maximum Gasteiger partial charge on any atom is 0.224 e. The number of aromatic hydroxyl groups is 1. The van der Waals surface area contributed by atoms with Gasteiger partial charge < -0.3 is 10.4 Å². The Morgan fingerprint density at radius 3 is 2.55 bits per heavy atom. The van der Waals surface area contributed by atoms with Crippen LogP contribution in [0.5, 0.6) is 5.75 Å². The lowest BCUT2D eigenvalue weighted by Crippen LogP contribution is -2.12. The van der Waals surface area contributed by atoms with Gasteiger partial charge >= 0.3 is 0 Å². The van der Waals surface area contributed by atoms with E-state index in [9.17, 15) is 9.90 Å². The molecule has 3 nitrogen and oxygen atoms in total. The van der Waals surface area contributed by atoms with Crippen molar-refractivity contribution < 1.29 is 9.90 Å². The van der Waals surface area contributed by atoms with Crippen LogP contribution in [0.1, 0.15) is 12.0 Å². The van der Waals surface area contributed by atoms with Gasteiger partial charge in [0.15, 0.2) is 5.75 Å². The number of hydrogen-bond donors (Lipinski definition) is 2.